The predicted molar refractivity (Wildman–Crippen MR) is 50.0 cm³/mol. The fourth-order valence-corrected chi connectivity index (χ4v) is 1.80. The number of nitrogens with zero attached hydrogens (tertiary/aromatic N) is 1. The molecule has 72 valence electrons. The van der Waals surface area contributed by atoms with Crippen molar-refractivity contribution < 1.29 is 9.72 Å². The van der Waals surface area contributed by atoms with Crippen LogP contribution in [-0.4, -0.2) is 10.7 Å². The summed E-state index contributed by atoms with van der Waals surface area (Å²) in [7, 11) is 0. The summed E-state index contributed by atoms with van der Waals surface area (Å²) in [5.41, 5.74) is 0.706. The lowest BCUT2D eigenvalue weighted by atomic mass is 9.81. The summed E-state index contributed by atoms with van der Waals surface area (Å²) < 4.78 is 0. The van der Waals surface area contributed by atoms with Crippen LogP contribution in [0.4, 0.5) is 0 Å². The number of ketones is 1. The average Bonchev–Trinajstić information content (AvgIpc) is 2.18. The smallest absolute Gasteiger partial charge is 0.286 e. The van der Waals surface area contributed by atoms with Crippen LogP contribution in [0.15, 0.2) is 35.6 Å². The van der Waals surface area contributed by atoms with E-state index in [2.05, 4.69) is 0 Å². The second-order valence-corrected chi connectivity index (χ2v) is 3.38. The molecule has 2 aliphatic rings. The van der Waals surface area contributed by atoms with E-state index in [1.807, 2.05) is 12.2 Å². The molecule has 0 amide bonds. The van der Waals surface area contributed by atoms with E-state index in [0.717, 1.165) is 12.0 Å². The van der Waals surface area contributed by atoms with E-state index >= 15 is 0 Å². The second kappa shape index (κ2) is 3.21. The van der Waals surface area contributed by atoms with Crippen LogP contribution < -0.4 is 0 Å². The van der Waals surface area contributed by atoms with Gasteiger partial charge in [0, 0.05) is 6.08 Å². The van der Waals surface area contributed by atoms with E-state index < -0.39 is 4.92 Å². The molecule has 1 atom stereocenters. The first kappa shape index (κ1) is 8.87. The highest BCUT2D eigenvalue weighted by Crippen LogP contribution is 2.31. The number of allylic oxidation sites excluding steroid dienone is 6. The van der Waals surface area contributed by atoms with Crippen LogP contribution in [0.5, 0.6) is 0 Å². The molecule has 0 radical (unpaired) electrons. The normalized spacial score (nSPS) is 25.1. The number of hydrogen-bond donors (Lipinski definition) is 0. The van der Waals surface area contributed by atoms with Crippen LogP contribution in [0.1, 0.15) is 12.8 Å². The second-order valence-electron chi connectivity index (χ2n) is 3.38. The number of hydrogen-bond acceptors (Lipinski definition) is 3. The van der Waals surface area contributed by atoms with Gasteiger partial charge in [-0.1, -0.05) is 23.8 Å². The van der Waals surface area contributed by atoms with Gasteiger partial charge in [-0.15, -0.1) is 0 Å². The quantitative estimate of drug-likeness (QED) is 0.359. The van der Waals surface area contributed by atoms with Crippen LogP contribution in [-0.2, 0) is 4.79 Å². The summed E-state index contributed by atoms with van der Waals surface area (Å²) in [4.78, 5) is 21.5. The molecule has 0 saturated heterocycles. The molecule has 2 aliphatic carbocycles. The third kappa shape index (κ3) is 1.28. The molecule has 0 aliphatic heterocycles. The first-order valence-electron chi connectivity index (χ1n) is 4.44. The molecule has 0 bridgehead atoms. The van der Waals surface area contributed by atoms with Crippen molar-refractivity contribution in [1.82, 2.24) is 0 Å². The number of nitro groups is 1. The molecule has 4 heteroatoms. The average molecular weight is 191 g/mol. The van der Waals surface area contributed by atoms with Crippen molar-refractivity contribution in [2.75, 3.05) is 0 Å². The van der Waals surface area contributed by atoms with Gasteiger partial charge in [-0.2, -0.15) is 0 Å². The molecule has 0 aromatic rings. The molecule has 0 heterocycles. The number of fused-ring (bicyclic) bond motifs is 1. The zero-order valence-electron chi connectivity index (χ0n) is 7.47. The fraction of sp³-hybridized carbons (Fsp3) is 0.300. The topological polar surface area (TPSA) is 60.2 Å². The summed E-state index contributed by atoms with van der Waals surface area (Å²) in [6.45, 7) is 0. The fourth-order valence-electron chi connectivity index (χ4n) is 1.80. The molecule has 0 fully saturated rings. The van der Waals surface area contributed by atoms with Crippen molar-refractivity contribution in [1.29, 1.82) is 0 Å². The van der Waals surface area contributed by atoms with Crippen molar-refractivity contribution in [3.8, 4) is 0 Å². The van der Waals surface area contributed by atoms with Gasteiger partial charge >= 0.3 is 5.70 Å². The highest BCUT2D eigenvalue weighted by atomic mass is 16.6. The molecular weight excluding hydrogens is 182 g/mol. The summed E-state index contributed by atoms with van der Waals surface area (Å²) in [5, 5.41) is 10.5. The van der Waals surface area contributed by atoms with E-state index in [0.29, 0.717) is 6.42 Å². The molecule has 0 N–H and O–H groups in total. The maximum atomic E-state index is 11.6. The van der Waals surface area contributed by atoms with Gasteiger partial charge in [0.15, 0.2) is 0 Å². The van der Waals surface area contributed by atoms with Crippen molar-refractivity contribution in [2.45, 2.75) is 12.8 Å². The highest BCUT2D eigenvalue weighted by Gasteiger charge is 2.34. The van der Waals surface area contributed by atoms with Gasteiger partial charge in [0.25, 0.3) is 0 Å². The largest absolute Gasteiger partial charge is 0.312 e. The number of rotatable bonds is 1. The van der Waals surface area contributed by atoms with Gasteiger partial charge in [-0.05, 0) is 12.8 Å². The first-order valence-corrected chi connectivity index (χ1v) is 4.44. The van der Waals surface area contributed by atoms with Crippen LogP contribution >= 0.6 is 0 Å². The minimum absolute atomic E-state index is 0.283. The van der Waals surface area contributed by atoms with Crippen molar-refractivity contribution in [3.63, 3.8) is 0 Å². The summed E-state index contributed by atoms with van der Waals surface area (Å²) in [5.74, 6) is -0.637. The number of carbonyl (C=O) groups is 1. The molecule has 0 aromatic heterocycles. The minimum Gasteiger partial charge on any atom is -0.286 e. The lowest BCUT2D eigenvalue weighted by molar-refractivity contribution is -0.419. The maximum absolute atomic E-state index is 11.6. The lowest BCUT2D eigenvalue weighted by Gasteiger charge is -2.21. The minimum atomic E-state index is -0.603. The van der Waals surface area contributed by atoms with Crippen LogP contribution in [0, 0.1) is 16.0 Å². The summed E-state index contributed by atoms with van der Waals surface area (Å²) in [6.07, 6.45) is 8.23. The third-order valence-electron chi connectivity index (χ3n) is 2.56. The molecule has 0 saturated carbocycles. The molecule has 4 nitrogen and oxygen atoms in total. The van der Waals surface area contributed by atoms with Crippen molar-refractivity contribution in [3.05, 3.63) is 45.7 Å². The van der Waals surface area contributed by atoms with Crippen molar-refractivity contribution in [2.24, 2.45) is 5.92 Å². The molecule has 0 spiro atoms. The van der Waals surface area contributed by atoms with E-state index in [1.54, 1.807) is 6.08 Å². The van der Waals surface area contributed by atoms with Gasteiger partial charge in [0.05, 0.1) is 10.8 Å². The predicted octanol–water partition coefficient (Wildman–Crippen LogP) is 1.62. The molecule has 1 unspecified atom stereocenters. The third-order valence-corrected chi connectivity index (χ3v) is 2.56. The Bertz CT molecular complexity index is 390. The van der Waals surface area contributed by atoms with Gasteiger partial charge in [0.2, 0.25) is 5.78 Å². The van der Waals surface area contributed by atoms with Crippen LogP contribution in [0.2, 0.25) is 0 Å². The molecule has 0 aromatic carbocycles. The Balaban J connectivity index is 2.37. The van der Waals surface area contributed by atoms with E-state index in [4.69, 9.17) is 0 Å². The highest BCUT2D eigenvalue weighted by molar-refractivity contribution is 5.98. The first-order chi connectivity index (χ1) is 6.70. The van der Waals surface area contributed by atoms with Gasteiger partial charge in [-0.3, -0.25) is 14.9 Å². The van der Waals surface area contributed by atoms with Gasteiger partial charge in [-0.25, -0.2) is 0 Å². The Morgan fingerprint density at radius 3 is 2.86 bits per heavy atom. The van der Waals surface area contributed by atoms with E-state index in [9.17, 15) is 14.9 Å². The van der Waals surface area contributed by atoms with Crippen LogP contribution in [0.25, 0.3) is 0 Å². The maximum Gasteiger partial charge on any atom is 0.312 e. The number of Topliss-reactive ketones (excluding diaryl/α,β-unsaturated/α-hetero) is 1. The zero-order valence-corrected chi connectivity index (χ0v) is 7.47. The lowest BCUT2D eigenvalue weighted by Crippen LogP contribution is -2.26. The molecule has 14 heavy (non-hydrogen) atoms. The molecular formula is C10H9NO3. The van der Waals surface area contributed by atoms with Gasteiger partial charge in [0.1, 0.15) is 0 Å². The van der Waals surface area contributed by atoms with E-state index in [1.165, 1.54) is 6.08 Å². The monoisotopic (exact) mass is 191 g/mol. The standard InChI is InChI=1S/C10H9NO3/c12-10-8-4-2-1-3-7(8)5-6-9(10)11(13)14/h1-2,5-6,8H,3-4H2. The van der Waals surface area contributed by atoms with Crippen molar-refractivity contribution >= 4 is 5.78 Å². The Kier molecular flexibility index (Phi) is 2.04. The Hall–Kier alpha value is -1.71. The Morgan fingerprint density at radius 2 is 2.14 bits per heavy atom. The van der Waals surface area contributed by atoms with E-state index in [-0.39, 0.29) is 17.4 Å². The Morgan fingerprint density at radius 1 is 1.36 bits per heavy atom. The summed E-state index contributed by atoms with van der Waals surface area (Å²) >= 11 is 0. The Labute approximate surface area is 80.8 Å². The van der Waals surface area contributed by atoms with Crippen LogP contribution in [0.3, 0.4) is 0 Å². The molecule has 2 rings (SSSR count). The number of carbonyl (C=O) groups excluding carboxylic acids is 1. The van der Waals surface area contributed by atoms with Gasteiger partial charge < -0.3 is 0 Å². The zero-order chi connectivity index (χ0) is 10.1. The SMILES string of the molecule is O=C1C([N+](=O)[O-])=CC=C2CC=CCC12. The summed E-state index contributed by atoms with van der Waals surface area (Å²) in [6, 6.07) is 0.